The van der Waals surface area contributed by atoms with Gasteiger partial charge < -0.3 is 15.0 Å². The summed E-state index contributed by atoms with van der Waals surface area (Å²) in [5.41, 5.74) is 2.52. The third kappa shape index (κ3) is 4.18. The maximum absolute atomic E-state index is 12.9. The van der Waals surface area contributed by atoms with Crippen LogP contribution in [0, 0.1) is 6.92 Å². The van der Waals surface area contributed by atoms with Crippen LogP contribution in [0.4, 0.5) is 8.78 Å². The minimum Gasteiger partial charge on any atom is -0.486 e. The molecule has 1 unspecified atom stereocenters. The second kappa shape index (κ2) is 8.50. The Morgan fingerprint density at radius 1 is 1.38 bits per heavy atom. The second-order valence-electron chi connectivity index (χ2n) is 6.73. The summed E-state index contributed by atoms with van der Waals surface area (Å²) >= 11 is 0. The van der Waals surface area contributed by atoms with E-state index in [1.54, 1.807) is 24.0 Å². The van der Waals surface area contributed by atoms with E-state index in [1.807, 2.05) is 13.8 Å². The lowest BCUT2D eigenvalue weighted by atomic mass is 10.1. The van der Waals surface area contributed by atoms with Crippen molar-refractivity contribution in [1.29, 1.82) is 0 Å². The van der Waals surface area contributed by atoms with Crippen LogP contribution in [0.5, 0.6) is 5.75 Å². The van der Waals surface area contributed by atoms with Gasteiger partial charge in [-0.2, -0.15) is 0 Å². The number of nitrogens with zero attached hydrogens (tertiary/aromatic N) is 3. The molecular weight excluding hydrogens is 382 g/mol. The molecule has 154 valence electrons. The highest BCUT2D eigenvalue weighted by molar-refractivity contribution is 6.03. The largest absolute Gasteiger partial charge is 0.486 e. The standard InChI is InChI=1S/C20H22F2N4O3/c1-4-23-19(27)18-14-9-26(20(28)13(14)5-6-24-18)12(3)15-7-11(2)16(8-25-15)29-10-17(21)22/h5-8,12,17H,4,9-10H2,1-3H3,(H,23,27). The summed E-state index contributed by atoms with van der Waals surface area (Å²) in [5.74, 6) is -0.251. The van der Waals surface area contributed by atoms with E-state index in [-0.39, 0.29) is 35.8 Å². The van der Waals surface area contributed by atoms with Crippen LogP contribution in [0.25, 0.3) is 0 Å². The Bertz CT molecular complexity index is 936. The summed E-state index contributed by atoms with van der Waals surface area (Å²) in [6.07, 6.45) is 0.271. The van der Waals surface area contributed by atoms with Gasteiger partial charge in [-0.25, -0.2) is 8.78 Å². The van der Waals surface area contributed by atoms with Crippen molar-refractivity contribution < 1.29 is 23.1 Å². The molecule has 0 aliphatic carbocycles. The highest BCUT2D eigenvalue weighted by Gasteiger charge is 2.35. The molecule has 1 N–H and O–H groups in total. The molecule has 1 aliphatic rings. The Morgan fingerprint density at radius 3 is 2.79 bits per heavy atom. The number of pyridine rings is 2. The Labute approximate surface area is 167 Å². The van der Waals surface area contributed by atoms with Gasteiger partial charge in [0.05, 0.1) is 17.9 Å². The van der Waals surface area contributed by atoms with Gasteiger partial charge in [-0.15, -0.1) is 0 Å². The lowest BCUT2D eigenvalue weighted by Crippen LogP contribution is -2.28. The van der Waals surface area contributed by atoms with E-state index in [4.69, 9.17) is 4.74 Å². The minimum absolute atomic E-state index is 0.210. The van der Waals surface area contributed by atoms with E-state index in [0.29, 0.717) is 28.9 Å². The zero-order chi connectivity index (χ0) is 21.1. The molecule has 7 nitrogen and oxygen atoms in total. The fraction of sp³-hybridized carbons (Fsp3) is 0.400. The molecule has 0 radical (unpaired) electrons. The molecule has 2 amide bonds. The zero-order valence-corrected chi connectivity index (χ0v) is 16.4. The van der Waals surface area contributed by atoms with Crippen molar-refractivity contribution in [2.75, 3.05) is 13.2 Å². The summed E-state index contributed by atoms with van der Waals surface area (Å²) in [4.78, 5) is 35.2. The number of amides is 2. The van der Waals surface area contributed by atoms with E-state index < -0.39 is 13.0 Å². The first-order valence-electron chi connectivity index (χ1n) is 9.28. The average molecular weight is 404 g/mol. The Morgan fingerprint density at radius 2 is 2.14 bits per heavy atom. The van der Waals surface area contributed by atoms with Gasteiger partial charge in [-0.3, -0.25) is 19.6 Å². The van der Waals surface area contributed by atoms with Crippen molar-refractivity contribution in [2.24, 2.45) is 0 Å². The molecule has 1 atom stereocenters. The van der Waals surface area contributed by atoms with Gasteiger partial charge in [0.1, 0.15) is 18.1 Å². The smallest absolute Gasteiger partial charge is 0.272 e. The molecule has 0 bridgehead atoms. The summed E-state index contributed by atoms with van der Waals surface area (Å²) in [5, 5.41) is 2.70. The van der Waals surface area contributed by atoms with Crippen LogP contribution in [0.3, 0.4) is 0 Å². The summed E-state index contributed by atoms with van der Waals surface area (Å²) in [7, 11) is 0. The zero-order valence-electron chi connectivity index (χ0n) is 16.4. The van der Waals surface area contributed by atoms with E-state index in [0.717, 1.165) is 0 Å². The fourth-order valence-electron chi connectivity index (χ4n) is 3.26. The highest BCUT2D eigenvalue weighted by atomic mass is 19.3. The minimum atomic E-state index is -2.57. The van der Waals surface area contributed by atoms with Crippen LogP contribution >= 0.6 is 0 Å². The van der Waals surface area contributed by atoms with Crippen molar-refractivity contribution in [2.45, 2.75) is 39.8 Å². The molecule has 29 heavy (non-hydrogen) atoms. The van der Waals surface area contributed by atoms with Crippen LogP contribution in [0.15, 0.2) is 24.5 Å². The first kappa shape index (κ1) is 20.6. The number of halogens is 2. The monoisotopic (exact) mass is 404 g/mol. The molecule has 2 aromatic rings. The molecule has 0 spiro atoms. The quantitative estimate of drug-likeness (QED) is 0.767. The van der Waals surface area contributed by atoms with Crippen molar-refractivity contribution in [3.63, 3.8) is 0 Å². The number of carbonyl (C=O) groups excluding carboxylic acids is 2. The van der Waals surface area contributed by atoms with Crippen LogP contribution < -0.4 is 10.1 Å². The summed E-state index contributed by atoms with van der Waals surface area (Å²) in [6.45, 7) is 5.36. The SMILES string of the molecule is CCNC(=O)c1nccc2c1CN(C(C)c1cc(C)c(OCC(F)F)cn1)C2=O. The lowest BCUT2D eigenvalue weighted by molar-refractivity contribution is 0.0709. The van der Waals surface area contributed by atoms with E-state index in [2.05, 4.69) is 15.3 Å². The number of ether oxygens (including phenoxy) is 1. The normalized spacial score (nSPS) is 14.1. The molecule has 2 aromatic heterocycles. The van der Waals surface area contributed by atoms with E-state index >= 15 is 0 Å². The molecular formula is C20H22F2N4O3. The third-order valence-electron chi connectivity index (χ3n) is 4.77. The number of aryl methyl sites for hydroxylation is 1. The number of fused-ring (bicyclic) bond motifs is 1. The van der Waals surface area contributed by atoms with Gasteiger partial charge in [-0.1, -0.05) is 0 Å². The number of hydrogen-bond donors (Lipinski definition) is 1. The van der Waals surface area contributed by atoms with Crippen LogP contribution in [0.2, 0.25) is 0 Å². The first-order chi connectivity index (χ1) is 13.8. The van der Waals surface area contributed by atoms with Gasteiger partial charge >= 0.3 is 0 Å². The predicted molar refractivity (Wildman–Crippen MR) is 101 cm³/mol. The third-order valence-corrected chi connectivity index (χ3v) is 4.77. The van der Waals surface area contributed by atoms with Crippen molar-refractivity contribution >= 4 is 11.8 Å². The maximum Gasteiger partial charge on any atom is 0.272 e. The van der Waals surface area contributed by atoms with Gasteiger partial charge in [-0.05, 0) is 38.5 Å². The number of carbonyl (C=O) groups is 2. The average Bonchev–Trinajstić information content (AvgIpc) is 3.03. The topological polar surface area (TPSA) is 84.4 Å². The van der Waals surface area contributed by atoms with Crippen molar-refractivity contribution in [3.8, 4) is 5.75 Å². The summed E-state index contributed by atoms with van der Waals surface area (Å²) in [6, 6.07) is 2.93. The fourth-order valence-corrected chi connectivity index (χ4v) is 3.26. The molecule has 3 heterocycles. The van der Waals surface area contributed by atoms with Crippen molar-refractivity contribution in [1.82, 2.24) is 20.2 Å². The second-order valence-corrected chi connectivity index (χ2v) is 6.73. The Hall–Kier alpha value is -3.10. The number of rotatable bonds is 7. The van der Waals surface area contributed by atoms with Crippen molar-refractivity contribution in [3.05, 3.63) is 52.6 Å². The van der Waals surface area contributed by atoms with Gasteiger partial charge in [0.2, 0.25) is 0 Å². The van der Waals surface area contributed by atoms with E-state index in [9.17, 15) is 18.4 Å². The number of aromatic nitrogens is 2. The molecule has 0 fully saturated rings. The van der Waals surface area contributed by atoms with Gasteiger partial charge in [0, 0.05) is 30.4 Å². The van der Waals surface area contributed by atoms with Gasteiger partial charge in [0.25, 0.3) is 18.2 Å². The molecule has 0 saturated carbocycles. The van der Waals surface area contributed by atoms with Gasteiger partial charge in [0.15, 0.2) is 0 Å². The van der Waals surface area contributed by atoms with Crippen LogP contribution in [-0.4, -0.2) is 46.3 Å². The number of alkyl halides is 2. The molecule has 3 rings (SSSR count). The highest BCUT2D eigenvalue weighted by Crippen LogP contribution is 2.32. The van der Waals surface area contributed by atoms with Crippen LogP contribution in [0.1, 0.15) is 57.6 Å². The molecule has 0 aromatic carbocycles. The summed E-state index contributed by atoms with van der Waals surface area (Å²) < 4.78 is 29.8. The molecule has 1 aliphatic heterocycles. The number of nitrogens with one attached hydrogen (secondary N) is 1. The molecule has 0 saturated heterocycles. The Balaban J connectivity index is 1.82. The maximum atomic E-state index is 12.9. The lowest BCUT2D eigenvalue weighted by Gasteiger charge is -2.24. The molecule has 9 heteroatoms. The van der Waals surface area contributed by atoms with E-state index in [1.165, 1.54) is 12.4 Å². The van der Waals surface area contributed by atoms with Crippen LogP contribution in [-0.2, 0) is 6.54 Å². The Kier molecular flexibility index (Phi) is 6.05. The first-order valence-corrected chi connectivity index (χ1v) is 9.28. The number of hydrogen-bond acceptors (Lipinski definition) is 5. The predicted octanol–water partition coefficient (Wildman–Crippen LogP) is 2.90.